The van der Waals surface area contributed by atoms with Gasteiger partial charge in [-0.3, -0.25) is 14.9 Å². The molecule has 12 nitrogen and oxygen atoms in total. The van der Waals surface area contributed by atoms with Gasteiger partial charge in [-0.25, -0.2) is 14.8 Å². The number of benzene rings is 1. The number of hydrogen-bond donors (Lipinski definition) is 1. The van der Waals surface area contributed by atoms with Crippen LogP contribution in [0, 0.1) is 29.9 Å². The summed E-state index contributed by atoms with van der Waals surface area (Å²) in [6.45, 7) is 3.46. The molecular formula is C24H24ClN5O7. The number of halogens is 1. The molecular weight excluding hydrogens is 506 g/mol. The van der Waals surface area contributed by atoms with Gasteiger partial charge in [-0.05, 0) is 50.8 Å². The van der Waals surface area contributed by atoms with Crippen LogP contribution in [-0.2, 0) is 4.74 Å². The molecule has 4 rings (SSSR count). The zero-order chi connectivity index (χ0) is 26.7. The van der Waals surface area contributed by atoms with Gasteiger partial charge in [0, 0.05) is 23.9 Å². The van der Waals surface area contributed by atoms with E-state index >= 15 is 0 Å². The summed E-state index contributed by atoms with van der Waals surface area (Å²) < 4.78 is 17.0. The number of nitrogens with one attached hydrogen (secondary N) is 1. The van der Waals surface area contributed by atoms with Gasteiger partial charge < -0.3 is 24.1 Å². The van der Waals surface area contributed by atoms with Crippen LogP contribution in [0.15, 0.2) is 41.3 Å². The van der Waals surface area contributed by atoms with Gasteiger partial charge in [0.05, 0.1) is 29.5 Å². The average Bonchev–Trinajstić information content (AvgIpc) is 3.69. The van der Waals surface area contributed by atoms with E-state index in [1.54, 1.807) is 13.0 Å². The minimum absolute atomic E-state index is 0.000994. The summed E-state index contributed by atoms with van der Waals surface area (Å²) in [5, 5.41) is 13.9. The lowest BCUT2D eigenvalue weighted by Crippen LogP contribution is -2.32. The Morgan fingerprint density at radius 1 is 1.27 bits per heavy atom. The number of rotatable bonds is 9. The van der Waals surface area contributed by atoms with Crippen LogP contribution < -0.4 is 20.3 Å². The molecule has 1 saturated carbocycles. The zero-order valence-electron chi connectivity index (χ0n) is 20.3. The minimum atomic E-state index is -0.999. The molecule has 1 aliphatic carbocycles. The fourth-order valence-corrected chi connectivity index (χ4v) is 3.98. The Morgan fingerprint density at radius 3 is 2.59 bits per heavy atom. The van der Waals surface area contributed by atoms with Crippen molar-refractivity contribution in [2.75, 3.05) is 19.0 Å². The van der Waals surface area contributed by atoms with Crippen LogP contribution in [0.5, 0.6) is 11.6 Å². The summed E-state index contributed by atoms with van der Waals surface area (Å²) in [5.74, 6) is 0.669. The van der Waals surface area contributed by atoms with Crippen molar-refractivity contribution in [3.63, 3.8) is 0 Å². The lowest BCUT2D eigenvalue weighted by molar-refractivity contribution is -0.384. The first kappa shape index (κ1) is 25.9. The standard InChI is InChI=1S/C24H24ClN5O7/c1-13-10-18(14(2)26-22(13)35-3)27-21-23(31)29(11-20(25)28-21)19(15-4-5-15)12-36-24(32)37-17-8-6-16(7-9-17)30(33)34/h6-11,15,19H,4-5,12H2,1-3H3,(H,27,28). The van der Waals surface area contributed by atoms with Crippen LogP contribution in [0.2, 0.25) is 5.15 Å². The first-order chi connectivity index (χ1) is 17.7. The average molecular weight is 530 g/mol. The monoisotopic (exact) mass is 529 g/mol. The minimum Gasteiger partial charge on any atom is -0.481 e. The number of ether oxygens (including phenoxy) is 3. The number of carbonyl (C=O) groups is 1. The predicted molar refractivity (Wildman–Crippen MR) is 134 cm³/mol. The Kier molecular flexibility index (Phi) is 7.58. The molecule has 3 aromatic rings. The van der Waals surface area contributed by atoms with Crippen molar-refractivity contribution in [3.8, 4) is 11.6 Å². The first-order valence-corrected chi connectivity index (χ1v) is 11.7. The Balaban J connectivity index is 1.51. The van der Waals surface area contributed by atoms with Gasteiger partial charge in [0.2, 0.25) is 5.88 Å². The summed E-state index contributed by atoms with van der Waals surface area (Å²) >= 11 is 6.25. The van der Waals surface area contributed by atoms with Crippen molar-refractivity contribution < 1.29 is 23.9 Å². The predicted octanol–water partition coefficient (Wildman–Crippen LogP) is 4.74. The number of nitro groups is 1. The Labute approximate surface area is 216 Å². The van der Waals surface area contributed by atoms with Crippen molar-refractivity contribution in [2.45, 2.75) is 32.7 Å². The Morgan fingerprint density at radius 2 is 1.97 bits per heavy atom. The second-order valence-electron chi connectivity index (χ2n) is 8.52. The number of hydrogen-bond acceptors (Lipinski definition) is 10. The number of nitrogens with zero attached hydrogens (tertiary/aromatic N) is 4. The van der Waals surface area contributed by atoms with Crippen molar-refractivity contribution in [1.29, 1.82) is 0 Å². The molecule has 1 aliphatic rings. The van der Waals surface area contributed by atoms with Gasteiger partial charge in [-0.2, -0.15) is 0 Å². The molecule has 1 fully saturated rings. The van der Waals surface area contributed by atoms with Crippen molar-refractivity contribution in [1.82, 2.24) is 14.5 Å². The van der Waals surface area contributed by atoms with Crippen LogP contribution >= 0.6 is 11.6 Å². The number of aryl methyl sites for hydroxylation is 2. The largest absolute Gasteiger partial charge is 0.513 e. The number of carbonyl (C=O) groups excluding carboxylic acids is 1. The highest BCUT2D eigenvalue weighted by molar-refractivity contribution is 6.29. The summed E-state index contributed by atoms with van der Waals surface area (Å²) in [4.78, 5) is 44.3. The van der Waals surface area contributed by atoms with Crippen LogP contribution in [0.4, 0.5) is 22.0 Å². The maximum Gasteiger partial charge on any atom is 0.513 e. The molecule has 194 valence electrons. The van der Waals surface area contributed by atoms with E-state index in [2.05, 4.69) is 15.3 Å². The molecule has 37 heavy (non-hydrogen) atoms. The number of non-ortho nitro benzene ring substituents is 1. The lowest BCUT2D eigenvalue weighted by Gasteiger charge is -2.20. The van der Waals surface area contributed by atoms with Gasteiger partial charge in [0.25, 0.3) is 11.2 Å². The molecule has 0 amide bonds. The van der Waals surface area contributed by atoms with Gasteiger partial charge in [0.1, 0.15) is 17.5 Å². The van der Waals surface area contributed by atoms with Crippen molar-refractivity contribution in [3.05, 3.63) is 73.4 Å². The van der Waals surface area contributed by atoms with E-state index in [4.69, 9.17) is 25.8 Å². The number of anilines is 2. The molecule has 2 aromatic heterocycles. The molecule has 0 aliphatic heterocycles. The molecule has 0 saturated heterocycles. The highest BCUT2D eigenvalue weighted by atomic mass is 35.5. The third-order valence-electron chi connectivity index (χ3n) is 5.85. The van der Waals surface area contributed by atoms with E-state index < -0.39 is 22.7 Å². The molecule has 13 heteroatoms. The van der Waals surface area contributed by atoms with E-state index in [-0.39, 0.29) is 34.9 Å². The second-order valence-corrected chi connectivity index (χ2v) is 8.90. The van der Waals surface area contributed by atoms with Crippen LogP contribution in [0.25, 0.3) is 0 Å². The molecule has 0 spiro atoms. The summed E-state index contributed by atoms with van der Waals surface area (Å²) in [7, 11) is 1.53. The topological polar surface area (TPSA) is 148 Å². The van der Waals surface area contributed by atoms with Gasteiger partial charge in [-0.1, -0.05) is 11.6 Å². The highest BCUT2D eigenvalue weighted by Gasteiger charge is 2.35. The molecule has 1 atom stereocenters. The highest BCUT2D eigenvalue weighted by Crippen LogP contribution is 2.40. The second kappa shape index (κ2) is 10.8. The fraction of sp³-hybridized carbons (Fsp3) is 0.333. The molecule has 1 aromatic carbocycles. The third-order valence-corrected chi connectivity index (χ3v) is 6.03. The maximum atomic E-state index is 13.3. The van der Waals surface area contributed by atoms with E-state index in [1.165, 1.54) is 42.1 Å². The van der Waals surface area contributed by atoms with Crippen molar-refractivity contribution in [2.24, 2.45) is 5.92 Å². The fourth-order valence-electron chi connectivity index (χ4n) is 3.79. The van der Waals surface area contributed by atoms with E-state index in [0.29, 0.717) is 17.3 Å². The summed E-state index contributed by atoms with van der Waals surface area (Å²) in [6.07, 6.45) is 2.11. The summed E-state index contributed by atoms with van der Waals surface area (Å²) in [6, 6.07) is 6.31. The van der Waals surface area contributed by atoms with E-state index in [0.717, 1.165) is 18.4 Å². The van der Waals surface area contributed by atoms with Crippen LogP contribution in [0.3, 0.4) is 0 Å². The first-order valence-electron chi connectivity index (χ1n) is 11.3. The molecule has 1 unspecified atom stereocenters. The normalized spacial score (nSPS) is 13.5. The van der Waals surface area contributed by atoms with Crippen LogP contribution in [0.1, 0.15) is 30.1 Å². The van der Waals surface area contributed by atoms with Gasteiger partial charge in [-0.15, -0.1) is 0 Å². The number of aromatic nitrogens is 3. The number of methoxy groups -OCH3 is 1. The maximum absolute atomic E-state index is 13.3. The number of pyridine rings is 1. The van der Waals surface area contributed by atoms with Crippen LogP contribution in [-0.4, -0.2) is 39.3 Å². The molecule has 1 N–H and O–H groups in total. The zero-order valence-corrected chi connectivity index (χ0v) is 21.0. The van der Waals surface area contributed by atoms with Gasteiger partial charge in [0.15, 0.2) is 5.82 Å². The molecule has 0 radical (unpaired) electrons. The number of nitro benzene ring substituents is 1. The van der Waals surface area contributed by atoms with Crippen molar-refractivity contribution >= 4 is 34.9 Å². The van der Waals surface area contributed by atoms with E-state index in [9.17, 15) is 19.7 Å². The SMILES string of the molecule is COc1nc(C)c(Nc2nc(Cl)cn(C(COC(=O)Oc3ccc([N+](=O)[O-])cc3)C3CC3)c2=O)cc1C. The smallest absolute Gasteiger partial charge is 0.481 e. The summed E-state index contributed by atoms with van der Waals surface area (Å²) in [5.41, 5.74) is 1.37. The van der Waals surface area contributed by atoms with E-state index in [1.807, 2.05) is 6.92 Å². The molecule has 0 bridgehead atoms. The third kappa shape index (κ3) is 6.15. The lowest BCUT2D eigenvalue weighted by atomic mass is 10.2. The van der Waals surface area contributed by atoms with Gasteiger partial charge >= 0.3 is 6.16 Å². The molecule has 2 heterocycles. The Bertz CT molecular complexity index is 1390. The quantitative estimate of drug-likeness (QED) is 0.178. The Hall–Kier alpha value is -4.19.